The van der Waals surface area contributed by atoms with E-state index in [1.54, 1.807) is 20.8 Å². The van der Waals surface area contributed by atoms with E-state index in [1.165, 1.54) is 12.1 Å². The van der Waals surface area contributed by atoms with E-state index in [1.807, 2.05) is 0 Å². The van der Waals surface area contributed by atoms with E-state index in [2.05, 4.69) is 5.32 Å². The predicted octanol–water partition coefficient (Wildman–Crippen LogP) is 2.62. The van der Waals surface area contributed by atoms with Gasteiger partial charge in [0.05, 0.1) is 5.69 Å². The third-order valence-electron chi connectivity index (χ3n) is 2.07. The van der Waals surface area contributed by atoms with Crippen LogP contribution in [0.5, 0.6) is 0 Å². The number of hydrogen-bond donors (Lipinski definition) is 1. The molecule has 0 heterocycles. The molecular weight excluding hydrogens is 209 g/mol. The molecule has 0 bridgehead atoms. The summed E-state index contributed by atoms with van der Waals surface area (Å²) in [6.07, 6.45) is 0.581. The number of amides is 1. The maximum Gasteiger partial charge on any atom is 0.229 e. The van der Waals surface area contributed by atoms with Gasteiger partial charge in [-0.05, 0) is 18.2 Å². The standard InChI is InChI=1S/C12H14FNO2/c1-12(2,3)11(16)14-10-6-9(13)5-4-8(10)7-15/h4-7H,1-3H3,(H,14,16). The molecule has 16 heavy (non-hydrogen) atoms. The number of carbonyl (C=O) groups is 2. The molecule has 0 aliphatic carbocycles. The summed E-state index contributed by atoms with van der Waals surface area (Å²) in [5, 5.41) is 2.53. The van der Waals surface area contributed by atoms with Crippen LogP contribution in [0, 0.1) is 11.2 Å². The maximum absolute atomic E-state index is 13.0. The molecule has 1 N–H and O–H groups in total. The molecule has 3 nitrogen and oxygen atoms in total. The Morgan fingerprint density at radius 3 is 2.50 bits per heavy atom. The molecule has 0 aromatic heterocycles. The molecule has 0 spiro atoms. The molecule has 0 saturated heterocycles. The Hall–Kier alpha value is -1.71. The highest BCUT2D eigenvalue weighted by atomic mass is 19.1. The van der Waals surface area contributed by atoms with Crippen LogP contribution in [0.4, 0.5) is 10.1 Å². The smallest absolute Gasteiger partial charge is 0.229 e. The first-order valence-electron chi connectivity index (χ1n) is 4.91. The molecule has 1 aromatic rings. The average molecular weight is 223 g/mol. The number of carbonyl (C=O) groups excluding carboxylic acids is 2. The van der Waals surface area contributed by atoms with E-state index in [4.69, 9.17) is 0 Å². The Bertz CT molecular complexity index is 422. The Morgan fingerprint density at radius 1 is 1.38 bits per heavy atom. The number of aldehydes is 1. The van der Waals surface area contributed by atoms with Crippen molar-refractivity contribution in [3.8, 4) is 0 Å². The van der Waals surface area contributed by atoms with Gasteiger partial charge in [0, 0.05) is 11.0 Å². The van der Waals surface area contributed by atoms with Gasteiger partial charge in [0.15, 0.2) is 6.29 Å². The van der Waals surface area contributed by atoms with Gasteiger partial charge in [-0.15, -0.1) is 0 Å². The summed E-state index contributed by atoms with van der Waals surface area (Å²) in [5.74, 6) is -0.754. The highest BCUT2D eigenvalue weighted by molar-refractivity contribution is 5.98. The molecule has 0 aliphatic rings. The van der Waals surface area contributed by atoms with E-state index < -0.39 is 11.2 Å². The lowest BCUT2D eigenvalue weighted by Gasteiger charge is -2.18. The van der Waals surface area contributed by atoms with E-state index >= 15 is 0 Å². The topological polar surface area (TPSA) is 46.2 Å². The molecule has 1 rings (SSSR count). The molecule has 86 valence electrons. The lowest BCUT2D eigenvalue weighted by atomic mass is 9.95. The molecule has 0 atom stereocenters. The second-order valence-electron chi connectivity index (χ2n) is 4.55. The van der Waals surface area contributed by atoms with E-state index in [9.17, 15) is 14.0 Å². The van der Waals surface area contributed by atoms with Crippen LogP contribution >= 0.6 is 0 Å². The van der Waals surface area contributed by atoms with Crippen molar-refractivity contribution in [1.82, 2.24) is 0 Å². The van der Waals surface area contributed by atoms with Gasteiger partial charge in [-0.2, -0.15) is 0 Å². The molecule has 1 amide bonds. The zero-order valence-electron chi connectivity index (χ0n) is 9.50. The summed E-state index contributed by atoms with van der Waals surface area (Å²) in [6, 6.07) is 3.64. The molecule has 0 fully saturated rings. The maximum atomic E-state index is 13.0. The van der Waals surface area contributed by atoms with Crippen LogP contribution in [-0.4, -0.2) is 12.2 Å². The summed E-state index contributed by atoms with van der Waals surface area (Å²) in [7, 11) is 0. The number of hydrogen-bond acceptors (Lipinski definition) is 2. The van der Waals surface area contributed by atoms with Crippen molar-refractivity contribution in [2.24, 2.45) is 5.41 Å². The normalized spacial score (nSPS) is 11.0. The fraction of sp³-hybridized carbons (Fsp3) is 0.333. The van der Waals surface area contributed by atoms with Crippen LogP contribution in [0.25, 0.3) is 0 Å². The number of nitrogens with one attached hydrogen (secondary N) is 1. The highest BCUT2D eigenvalue weighted by Gasteiger charge is 2.22. The zero-order valence-corrected chi connectivity index (χ0v) is 9.50. The number of halogens is 1. The first-order valence-corrected chi connectivity index (χ1v) is 4.91. The minimum absolute atomic E-state index is 0.204. The van der Waals surface area contributed by atoms with Crippen LogP contribution in [0.3, 0.4) is 0 Å². The second-order valence-corrected chi connectivity index (χ2v) is 4.55. The number of benzene rings is 1. The minimum Gasteiger partial charge on any atom is -0.325 e. The van der Waals surface area contributed by atoms with Crippen molar-refractivity contribution in [2.75, 3.05) is 5.32 Å². The van der Waals surface area contributed by atoms with Gasteiger partial charge >= 0.3 is 0 Å². The molecule has 0 radical (unpaired) electrons. The third kappa shape index (κ3) is 2.89. The quantitative estimate of drug-likeness (QED) is 0.783. The van der Waals surface area contributed by atoms with Crippen molar-refractivity contribution >= 4 is 17.9 Å². The van der Waals surface area contributed by atoms with Gasteiger partial charge in [0.2, 0.25) is 5.91 Å². The third-order valence-corrected chi connectivity index (χ3v) is 2.07. The van der Waals surface area contributed by atoms with Crippen molar-refractivity contribution < 1.29 is 14.0 Å². The summed E-state index contributed by atoms with van der Waals surface area (Å²) in [6.45, 7) is 5.21. The predicted molar refractivity (Wildman–Crippen MR) is 59.9 cm³/mol. The Labute approximate surface area is 93.7 Å². The van der Waals surface area contributed by atoms with E-state index in [0.29, 0.717) is 6.29 Å². The van der Waals surface area contributed by atoms with Gasteiger partial charge in [-0.1, -0.05) is 20.8 Å². The van der Waals surface area contributed by atoms with E-state index in [-0.39, 0.29) is 17.2 Å². The fourth-order valence-electron chi connectivity index (χ4n) is 1.05. The molecule has 4 heteroatoms. The van der Waals surface area contributed by atoms with Gasteiger partial charge in [0.1, 0.15) is 5.82 Å². The summed E-state index contributed by atoms with van der Waals surface area (Å²) < 4.78 is 13.0. The molecule has 0 saturated carbocycles. The van der Waals surface area contributed by atoms with E-state index in [0.717, 1.165) is 6.07 Å². The summed E-state index contributed by atoms with van der Waals surface area (Å²) in [4.78, 5) is 22.4. The highest BCUT2D eigenvalue weighted by Crippen LogP contribution is 2.20. The summed E-state index contributed by atoms with van der Waals surface area (Å²) >= 11 is 0. The second kappa shape index (κ2) is 4.43. The number of rotatable bonds is 2. The van der Waals surface area contributed by atoms with Crippen molar-refractivity contribution in [3.63, 3.8) is 0 Å². The van der Waals surface area contributed by atoms with Crippen molar-refractivity contribution in [3.05, 3.63) is 29.6 Å². The van der Waals surface area contributed by atoms with Crippen LogP contribution in [0.15, 0.2) is 18.2 Å². The van der Waals surface area contributed by atoms with Crippen LogP contribution in [0.2, 0.25) is 0 Å². The lowest BCUT2D eigenvalue weighted by Crippen LogP contribution is -2.28. The number of anilines is 1. The Kier molecular flexibility index (Phi) is 3.42. The first-order chi connectivity index (χ1) is 7.34. The Balaban J connectivity index is 3.00. The first kappa shape index (κ1) is 12.4. The van der Waals surface area contributed by atoms with Gasteiger partial charge in [-0.25, -0.2) is 4.39 Å². The fourth-order valence-corrected chi connectivity index (χ4v) is 1.05. The summed E-state index contributed by atoms with van der Waals surface area (Å²) in [5.41, 5.74) is -0.124. The average Bonchev–Trinajstić information content (AvgIpc) is 2.16. The van der Waals surface area contributed by atoms with Crippen LogP contribution in [-0.2, 0) is 4.79 Å². The van der Waals surface area contributed by atoms with Crippen molar-refractivity contribution in [2.45, 2.75) is 20.8 Å². The largest absolute Gasteiger partial charge is 0.325 e. The molecule has 1 aromatic carbocycles. The van der Waals surface area contributed by atoms with Crippen LogP contribution < -0.4 is 5.32 Å². The molecule has 0 aliphatic heterocycles. The Morgan fingerprint density at radius 2 is 2.00 bits per heavy atom. The zero-order chi connectivity index (χ0) is 12.3. The van der Waals surface area contributed by atoms with Crippen molar-refractivity contribution in [1.29, 1.82) is 0 Å². The van der Waals surface area contributed by atoms with Gasteiger partial charge < -0.3 is 5.32 Å². The lowest BCUT2D eigenvalue weighted by molar-refractivity contribution is -0.123. The van der Waals surface area contributed by atoms with Crippen LogP contribution in [0.1, 0.15) is 31.1 Å². The van der Waals surface area contributed by atoms with Gasteiger partial charge in [-0.3, -0.25) is 9.59 Å². The molecule has 0 unspecified atom stereocenters. The SMILES string of the molecule is CC(C)(C)C(=O)Nc1cc(F)ccc1C=O. The molecular formula is C12H14FNO2. The minimum atomic E-state index is -0.591. The monoisotopic (exact) mass is 223 g/mol. The van der Waals surface area contributed by atoms with Gasteiger partial charge in [0.25, 0.3) is 0 Å².